The zero-order chi connectivity index (χ0) is 13.4. The van der Waals surface area contributed by atoms with Crippen LogP contribution >= 0.6 is 0 Å². The average molecular weight is 253 g/mol. The van der Waals surface area contributed by atoms with Gasteiger partial charge in [0.2, 0.25) is 0 Å². The first-order chi connectivity index (χ1) is 9.92. The van der Waals surface area contributed by atoms with Gasteiger partial charge in [0.25, 0.3) is 0 Å². The third kappa shape index (κ3) is 1.78. The van der Waals surface area contributed by atoms with Crippen LogP contribution in [0.25, 0.3) is 32.7 Å². The van der Waals surface area contributed by atoms with E-state index in [2.05, 4.69) is 78.9 Å². The molecule has 0 spiro atoms. The van der Waals surface area contributed by atoms with Gasteiger partial charge in [-0.3, -0.25) is 0 Å². The fourth-order valence-electron chi connectivity index (χ4n) is 2.76. The second-order valence-electron chi connectivity index (χ2n) is 5.00. The van der Waals surface area contributed by atoms with Gasteiger partial charge >= 0.3 is 0 Å². The number of rotatable bonds is 1. The summed E-state index contributed by atoms with van der Waals surface area (Å²) in [6.07, 6.45) is 0. The van der Waals surface area contributed by atoms with Gasteiger partial charge in [-0.05, 0) is 44.8 Å². The summed E-state index contributed by atoms with van der Waals surface area (Å²) in [5.41, 5.74) is 2.53. The van der Waals surface area contributed by atoms with Crippen molar-refractivity contribution >= 4 is 21.5 Å². The van der Waals surface area contributed by atoms with Gasteiger partial charge in [0.05, 0.1) is 0 Å². The molecule has 0 heteroatoms. The first-order valence-electron chi connectivity index (χ1n) is 6.80. The molecule has 1 radical (unpaired) electrons. The lowest BCUT2D eigenvalue weighted by Gasteiger charge is -2.08. The highest BCUT2D eigenvalue weighted by Crippen LogP contribution is 2.30. The van der Waals surface area contributed by atoms with Gasteiger partial charge < -0.3 is 0 Å². The second-order valence-corrected chi connectivity index (χ2v) is 5.00. The Morgan fingerprint density at radius 3 is 2.40 bits per heavy atom. The number of hydrogen-bond donors (Lipinski definition) is 0. The molecule has 0 bridgehead atoms. The number of fused-ring (bicyclic) bond motifs is 2. The molecule has 0 saturated carbocycles. The van der Waals surface area contributed by atoms with Gasteiger partial charge in [0, 0.05) is 0 Å². The summed E-state index contributed by atoms with van der Waals surface area (Å²) in [5.74, 6) is 0. The van der Waals surface area contributed by atoms with E-state index in [1.807, 2.05) is 6.07 Å². The van der Waals surface area contributed by atoms with E-state index in [4.69, 9.17) is 0 Å². The lowest BCUT2D eigenvalue weighted by atomic mass is 9.96. The van der Waals surface area contributed by atoms with Gasteiger partial charge in [-0.15, -0.1) is 0 Å². The van der Waals surface area contributed by atoms with Gasteiger partial charge in [-0.1, -0.05) is 72.8 Å². The normalized spacial score (nSPS) is 11.0. The van der Waals surface area contributed by atoms with E-state index in [9.17, 15) is 0 Å². The van der Waals surface area contributed by atoms with Gasteiger partial charge in [-0.25, -0.2) is 0 Å². The van der Waals surface area contributed by atoms with Crippen LogP contribution in [0.15, 0.2) is 78.9 Å². The first kappa shape index (κ1) is 11.2. The molecule has 0 aliphatic rings. The van der Waals surface area contributed by atoms with E-state index >= 15 is 0 Å². The predicted molar refractivity (Wildman–Crippen MR) is 85.7 cm³/mol. The van der Waals surface area contributed by atoms with Crippen molar-refractivity contribution in [3.63, 3.8) is 0 Å². The molecule has 93 valence electrons. The van der Waals surface area contributed by atoms with Crippen LogP contribution in [0, 0.1) is 6.07 Å². The molecule has 4 aromatic rings. The maximum absolute atomic E-state index is 3.30. The summed E-state index contributed by atoms with van der Waals surface area (Å²) in [6.45, 7) is 0. The van der Waals surface area contributed by atoms with Crippen LogP contribution in [0.4, 0.5) is 0 Å². The van der Waals surface area contributed by atoms with E-state index in [-0.39, 0.29) is 0 Å². The average Bonchev–Trinajstić information content (AvgIpc) is 2.54. The molecule has 0 unspecified atom stereocenters. The molecule has 0 heterocycles. The van der Waals surface area contributed by atoms with Crippen molar-refractivity contribution in [2.75, 3.05) is 0 Å². The van der Waals surface area contributed by atoms with Gasteiger partial charge in [-0.2, -0.15) is 0 Å². The standard InChI is InChI=1S/C20H13/c1-2-8-17-14-18(13-12-15(17)6-1)20-11-5-9-16-7-3-4-10-19(16)20/h1-8,10-14H. The van der Waals surface area contributed by atoms with E-state index < -0.39 is 0 Å². The molecule has 0 atom stereocenters. The smallest absolute Gasteiger partial charge is 0.00987 e. The Balaban J connectivity index is 2.01. The summed E-state index contributed by atoms with van der Waals surface area (Å²) in [6, 6.07) is 31.0. The fourth-order valence-corrected chi connectivity index (χ4v) is 2.76. The summed E-state index contributed by atoms with van der Waals surface area (Å²) in [4.78, 5) is 0. The molecule has 0 aliphatic heterocycles. The van der Waals surface area contributed by atoms with Crippen molar-refractivity contribution in [2.24, 2.45) is 0 Å². The van der Waals surface area contributed by atoms with Crippen molar-refractivity contribution in [3.05, 3.63) is 84.9 Å². The van der Waals surface area contributed by atoms with Crippen LogP contribution in [0.5, 0.6) is 0 Å². The van der Waals surface area contributed by atoms with Gasteiger partial charge in [0.1, 0.15) is 0 Å². The molecule has 4 rings (SSSR count). The molecular weight excluding hydrogens is 240 g/mol. The Morgan fingerprint density at radius 2 is 1.45 bits per heavy atom. The lowest BCUT2D eigenvalue weighted by Crippen LogP contribution is -1.82. The van der Waals surface area contributed by atoms with Gasteiger partial charge in [0.15, 0.2) is 0 Å². The quantitative estimate of drug-likeness (QED) is 0.422. The second kappa shape index (κ2) is 4.50. The third-order valence-corrected chi connectivity index (χ3v) is 3.77. The summed E-state index contributed by atoms with van der Waals surface area (Å²) in [5, 5.41) is 4.98. The molecule has 0 aromatic heterocycles. The largest absolute Gasteiger partial charge is 0.0616 e. The summed E-state index contributed by atoms with van der Waals surface area (Å²) in [7, 11) is 0. The summed E-state index contributed by atoms with van der Waals surface area (Å²) >= 11 is 0. The Hall–Kier alpha value is -2.60. The number of hydrogen-bond acceptors (Lipinski definition) is 0. The zero-order valence-electron chi connectivity index (χ0n) is 11.0. The molecule has 20 heavy (non-hydrogen) atoms. The Kier molecular flexibility index (Phi) is 2.53. The van der Waals surface area contributed by atoms with Crippen LogP contribution in [0.1, 0.15) is 0 Å². The Morgan fingerprint density at radius 1 is 0.650 bits per heavy atom. The minimum absolute atomic E-state index is 1.16. The Bertz CT molecular complexity index is 898. The highest BCUT2D eigenvalue weighted by Gasteiger charge is 2.04. The molecule has 0 aliphatic carbocycles. The maximum atomic E-state index is 3.30. The molecule has 0 nitrogen and oxygen atoms in total. The van der Waals surface area contributed by atoms with Crippen LogP contribution in [-0.4, -0.2) is 0 Å². The lowest BCUT2D eigenvalue weighted by molar-refractivity contribution is 1.67. The van der Waals surface area contributed by atoms with Crippen LogP contribution in [0.3, 0.4) is 0 Å². The van der Waals surface area contributed by atoms with Crippen molar-refractivity contribution in [1.29, 1.82) is 0 Å². The minimum atomic E-state index is 1.16. The monoisotopic (exact) mass is 253 g/mol. The molecule has 0 fully saturated rings. The van der Waals surface area contributed by atoms with Crippen molar-refractivity contribution in [1.82, 2.24) is 0 Å². The maximum Gasteiger partial charge on any atom is -0.00987 e. The van der Waals surface area contributed by atoms with E-state index in [1.54, 1.807) is 0 Å². The van der Waals surface area contributed by atoms with E-state index in [0.717, 1.165) is 5.39 Å². The first-order valence-corrected chi connectivity index (χ1v) is 6.80. The molecule has 0 N–H and O–H groups in total. The molecule has 0 saturated heterocycles. The predicted octanol–water partition coefficient (Wildman–Crippen LogP) is 5.46. The van der Waals surface area contributed by atoms with Crippen molar-refractivity contribution < 1.29 is 0 Å². The fraction of sp³-hybridized carbons (Fsp3) is 0. The SMILES string of the molecule is [c]1ccc(-c2ccc3ccccc3c2)c2ccccc12. The third-order valence-electron chi connectivity index (χ3n) is 3.77. The van der Waals surface area contributed by atoms with Crippen LogP contribution in [-0.2, 0) is 0 Å². The Labute approximate surface area is 118 Å². The van der Waals surface area contributed by atoms with Crippen LogP contribution in [0.2, 0.25) is 0 Å². The highest BCUT2D eigenvalue weighted by molar-refractivity contribution is 5.98. The highest BCUT2D eigenvalue weighted by atomic mass is 14.1. The van der Waals surface area contributed by atoms with Crippen molar-refractivity contribution in [2.45, 2.75) is 0 Å². The molecular formula is C20H13. The molecule has 4 aromatic carbocycles. The molecule has 0 amide bonds. The number of benzene rings is 4. The zero-order valence-corrected chi connectivity index (χ0v) is 11.0. The van der Waals surface area contributed by atoms with Crippen molar-refractivity contribution in [3.8, 4) is 11.1 Å². The van der Waals surface area contributed by atoms with E-state index in [0.29, 0.717) is 0 Å². The van der Waals surface area contributed by atoms with E-state index in [1.165, 1.54) is 27.3 Å². The minimum Gasteiger partial charge on any atom is -0.0616 e. The topological polar surface area (TPSA) is 0 Å². The van der Waals surface area contributed by atoms with Crippen LogP contribution < -0.4 is 0 Å². The summed E-state index contributed by atoms with van der Waals surface area (Å²) < 4.78 is 0.